The van der Waals surface area contributed by atoms with E-state index in [0.717, 1.165) is 18.1 Å². The van der Waals surface area contributed by atoms with Gasteiger partial charge in [0.25, 0.3) is 0 Å². The Morgan fingerprint density at radius 3 is 2.32 bits per heavy atom. The first-order valence-electron chi connectivity index (χ1n) is 7.79. The fourth-order valence-corrected chi connectivity index (χ4v) is 3.83. The molecule has 0 saturated carbocycles. The SMILES string of the molecule is CCOc1ccc([C@H]2OC[C@H](c3ccc(C)cc3)CS2)cc1. The topological polar surface area (TPSA) is 18.5 Å². The lowest BCUT2D eigenvalue weighted by atomic mass is 10.0. The van der Waals surface area contributed by atoms with Crippen LogP contribution >= 0.6 is 11.8 Å². The van der Waals surface area contributed by atoms with Gasteiger partial charge in [0, 0.05) is 11.7 Å². The lowest BCUT2D eigenvalue weighted by Gasteiger charge is -2.29. The first kappa shape index (κ1) is 15.4. The molecule has 22 heavy (non-hydrogen) atoms. The summed E-state index contributed by atoms with van der Waals surface area (Å²) in [5, 5.41) is 0. The van der Waals surface area contributed by atoms with Gasteiger partial charge in [0.05, 0.1) is 13.2 Å². The molecule has 0 aromatic heterocycles. The Balaban J connectivity index is 1.60. The van der Waals surface area contributed by atoms with E-state index in [0.29, 0.717) is 12.5 Å². The molecular formula is C19H22O2S. The van der Waals surface area contributed by atoms with E-state index in [-0.39, 0.29) is 5.44 Å². The van der Waals surface area contributed by atoms with Gasteiger partial charge in [0.1, 0.15) is 11.2 Å². The molecule has 1 heterocycles. The predicted molar refractivity (Wildman–Crippen MR) is 92.7 cm³/mol. The first-order valence-corrected chi connectivity index (χ1v) is 8.83. The van der Waals surface area contributed by atoms with E-state index in [9.17, 15) is 0 Å². The summed E-state index contributed by atoms with van der Waals surface area (Å²) in [7, 11) is 0. The maximum absolute atomic E-state index is 6.08. The smallest absolute Gasteiger partial charge is 0.128 e. The summed E-state index contributed by atoms with van der Waals surface area (Å²) in [6.45, 7) is 5.61. The van der Waals surface area contributed by atoms with Crippen LogP contribution in [0.25, 0.3) is 0 Å². The van der Waals surface area contributed by atoms with Crippen LogP contribution in [-0.2, 0) is 4.74 Å². The molecule has 116 valence electrons. The normalized spacial score (nSPS) is 21.5. The number of rotatable bonds is 4. The van der Waals surface area contributed by atoms with Crippen LogP contribution in [0.4, 0.5) is 0 Å². The Labute approximate surface area is 136 Å². The minimum absolute atomic E-state index is 0.136. The summed E-state index contributed by atoms with van der Waals surface area (Å²) in [6.07, 6.45) is 0. The third kappa shape index (κ3) is 3.65. The van der Waals surface area contributed by atoms with Gasteiger partial charge in [-0.2, -0.15) is 0 Å². The van der Waals surface area contributed by atoms with Crippen molar-refractivity contribution in [3.8, 4) is 5.75 Å². The number of ether oxygens (including phenoxy) is 2. The highest BCUT2D eigenvalue weighted by molar-refractivity contribution is 7.99. The van der Waals surface area contributed by atoms with Crippen LogP contribution in [0.1, 0.15) is 35.0 Å². The number of thioether (sulfide) groups is 1. The number of hydrogen-bond donors (Lipinski definition) is 0. The van der Waals surface area contributed by atoms with E-state index >= 15 is 0 Å². The van der Waals surface area contributed by atoms with Crippen molar-refractivity contribution >= 4 is 11.8 Å². The van der Waals surface area contributed by atoms with Crippen molar-refractivity contribution in [1.82, 2.24) is 0 Å². The molecule has 0 N–H and O–H groups in total. The van der Waals surface area contributed by atoms with Crippen LogP contribution in [-0.4, -0.2) is 19.0 Å². The second-order valence-corrected chi connectivity index (χ2v) is 6.70. The van der Waals surface area contributed by atoms with E-state index < -0.39 is 0 Å². The number of aryl methyl sites for hydroxylation is 1. The van der Waals surface area contributed by atoms with Gasteiger partial charge in [0.15, 0.2) is 0 Å². The van der Waals surface area contributed by atoms with Gasteiger partial charge in [-0.05, 0) is 37.1 Å². The Bertz CT molecular complexity index is 584. The zero-order chi connectivity index (χ0) is 15.4. The second-order valence-electron chi connectivity index (χ2n) is 5.61. The fraction of sp³-hybridized carbons (Fsp3) is 0.368. The van der Waals surface area contributed by atoms with Crippen molar-refractivity contribution in [2.24, 2.45) is 0 Å². The standard InChI is InChI=1S/C19H22O2S/c1-3-20-18-10-8-16(9-11-18)19-21-12-17(13-22-19)15-6-4-14(2)5-7-15/h4-11,17,19H,3,12-13H2,1-2H3/t17-,19-/m0/s1. The van der Waals surface area contributed by atoms with Crippen LogP contribution in [0.2, 0.25) is 0 Å². The molecule has 3 rings (SSSR count). The largest absolute Gasteiger partial charge is 0.494 e. The minimum Gasteiger partial charge on any atom is -0.494 e. The van der Waals surface area contributed by atoms with E-state index in [2.05, 4.69) is 43.3 Å². The molecule has 1 saturated heterocycles. The third-order valence-corrected chi connectivity index (χ3v) is 5.22. The van der Waals surface area contributed by atoms with E-state index in [1.807, 2.05) is 30.8 Å². The van der Waals surface area contributed by atoms with Gasteiger partial charge in [-0.3, -0.25) is 0 Å². The highest BCUT2D eigenvalue weighted by atomic mass is 32.2. The molecule has 2 aromatic rings. The van der Waals surface area contributed by atoms with Gasteiger partial charge in [0.2, 0.25) is 0 Å². The maximum Gasteiger partial charge on any atom is 0.128 e. The molecule has 2 nitrogen and oxygen atoms in total. The van der Waals surface area contributed by atoms with Crippen molar-refractivity contribution in [1.29, 1.82) is 0 Å². The number of benzene rings is 2. The molecular weight excluding hydrogens is 292 g/mol. The van der Waals surface area contributed by atoms with Crippen molar-refractivity contribution in [2.75, 3.05) is 19.0 Å². The molecule has 1 aliphatic heterocycles. The lowest BCUT2D eigenvalue weighted by molar-refractivity contribution is 0.0948. The molecule has 0 spiro atoms. The van der Waals surface area contributed by atoms with Crippen molar-refractivity contribution in [3.63, 3.8) is 0 Å². The Morgan fingerprint density at radius 1 is 1.05 bits per heavy atom. The molecule has 1 fully saturated rings. The molecule has 1 aliphatic rings. The fourth-order valence-electron chi connectivity index (χ4n) is 2.61. The van der Waals surface area contributed by atoms with Gasteiger partial charge < -0.3 is 9.47 Å². The minimum atomic E-state index is 0.136. The highest BCUT2D eigenvalue weighted by Gasteiger charge is 2.24. The Morgan fingerprint density at radius 2 is 1.73 bits per heavy atom. The van der Waals surface area contributed by atoms with Crippen molar-refractivity contribution in [2.45, 2.75) is 25.2 Å². The summed E-state index contributed by atoms with van der Waals surface area (Å²) in [4.78, 5) is 0. The Hall–Kier alpha value is -1.45. The zero-order valence-corrected chi connectivity index (χ0v) is 13.9. The van der Waals surface area contributed by atoms with Crippen LogP contribution in [0.3, 0.4) is 0 Å². The predicted octanol–water partition coefficient (Wildman–Crippen LogP) is 4.94. The second kappa shape index (κ2) is 7.21. The molecule has 0 amide bonds. The third-order valence-electron chi connectivity index (χ3n) is 3.91. The summed E-state index contributed by atoms with van der Waals surface area (Å²) in [5.41, 5.74) is 4.04. The summed E-state index contributed by atoms with van der Waals surface area (Å²) < 4.78 is 11.6. The molecule has 0 unspecified atom stereocenters. The zero-order valence-electron chi connectivity index (χ0n) is 13.1. The van der Waals surface area contributed by atoms with Crippen LogP contribution in [0.15, 0.2) is 48.5 Å². The van der Waals surface area contributed by atoms with Crippen molar-refractivity contribution in [3.05, 3.63) is 65.2 Å². The highest BCUT2D eigenvalue weighted by Crippen LogP contribution is 2.39. The first-order chi connectivity index (χ1) is 10.8. The molecule has 0 bridgehead atoms. The lowest BCUT2D eigenvalue weighted by Crippen LogP contribution is -2.19. The molecule has 2 atom stereocenters. The molecule has 0 radical (unpaired) electrons. The summed E-state index contributed by atoms with van der Waals surface area (Å²) >= 11 is 1.88. The molecule has 3 heteroatoms. The molecule has 2 aromatic carbocycles. The average Bonchev–Trinajstić information content (AvgIpc) is 2.57. The van der Waals surface area contributed by atoms with Gasteiger partial charge in [-0.1, -0.05) is 42.0 Å². The van der Waals surface area contributed by atoms with Gasteiger partial charge in [-0.15, -0.1) is 11.8 Å². The van der Waals surface area contributed by atoms with Crippen molar-refractivity contribution < 1.29 is 9.47 Å². The van der Waals surface area contributed by atoms with Crippen LogP contribution in [0, 0.1) is 6.92 Å². The van der Waals surface area contributed by atoms with E-state index in [4.69, 9.17) is 9.47 Å². The number of hydrogen-bond acceptors (Lipinski definition) is 3. The van der Waals surface area contributed by atoms with E-state index in [1.54, 1.807) is 0 Å². The van der Waals surface area contributed by atoms with Crippen LogP contribution in [0.5, 0.6) is 5.75 Å². The van der Waals surface area contributed by atoms with E-state index in [1.165, 1.54) is 16.7 Å². The quantitative estimate of drug-likeness (QED) is 0.796. The van der Waals surface area contributed by atoms with Gasteiger partial charge >= 0.3 is 0 Å². The van der Waals surface area contributed by atoms with Crippen LogP contribution < -0.4 is 4.74 Å². The molecule has 0 aliphatic carbocycles. The Kier molecular flexibility index (Phi) is 5.06. The summed E-state index contributed by atoms with van der Waals surface area (Å²) in [6, 6.07) is 17.1. The van der Waals surface area contributed by atoms with Gasteiger partial charge in [-0.25, -0.2) is 0 Å². The monoisotopic (exact) mass is 314 g/mol. The maximum atomic E-state index is 6.08. The average molecular weight is 314 g/mol. The summed E-state index contributed by atoms with van der Waals surface area (Å²) in [5.74, 6) is 2.51.